The molecule has 2 unspecified atom stereocenters. The minimum atomic E-state index is 0.0104. The van der Waals surface area contributed by atoms with E-state index in [2.05, 4.69) is 24.0 Å². The Hall–Kier alpha value is -0.870. The van der Waals surface area contributed by atoms with E-state index >= 15 is 0 Å². The van der Waals surface area contributed by atoms with Gasteiger partial charge in [0.15, 0.2) is 0 Å². The molecular weight excluding hydrogens is 152 g/mol. The lowest BCUT2D eigenvalue weighted by molar-refractivity contribution is 0.167. The molecule has 0 amide bonds. The summed E-state index contributed by atoms with van der Waals surface area (Å²) in [4.78, 5) is 2.24. The van der Waals surface area contributed by atoms with Crippen LogP contribution in [0.15, 0.2) is 12.3 Å². The summed E-state index contributed by atoms with van der Waals surface area (Å²) >= 11 is 0. The van der Waals surface area contributed by atoms with Crippen LogP contribution in [0.5, 0.6) is 0 Å². The summed E-state index contributed by atoms with van der Waals surface area (Å²) in [5, 5.41) is 4.19. The van der Waals surface area contributed by atoms with Crippen molar-refractivity contribution in [3.63, 3.8) is 0 Å². The molecule has 4 heteroatoms. The second kappa shape index (κ2) is 2.57. The summed E-state index contributed by atoms with van der Waals surface area (Å²) in [6, 6.07) is 2.45. The molecule has 2 N–H and O–H groups in total. The van der Waals surface area contributed by atoms with Crippen LogP contribution in [0.2, 0.25) is 0 Å². The van der Waals surface area contributed by atoms with Crippen molar-refractivity contribution in [3.05, 3.63) is 18.0 Å². The van der Waals surface area contributed by atoms with Crippen LogP contribution in [0.25, 0.3) is 0 Å². The molecule has 66 valence electrons. The van der Waals surface area contributed by atoms with Crippen LogP contribution < -0.4 is 5.73 Å². The molecule has 4 nitrogen and oxygen atoms in total. The van der Waals surface area contributed by atoms with E-state index in [9.17, 15) is 0 Å². The van der Waals surface area contributed by atoms with E-state index in [1.165, 1.54) is 5.69 Å². The monoisotopic (exact) mass is 166 g/mol. The van der Waals surface area contributed by atoms with Gasteiger partial charge in [0.05, 0.1) is 5.69 Å². The van der Waals surface area contributed by atoms with Crippen molar-refractivity contribution in [1.29, 1.82) is 0 Å². The summed E-state index contributed by atoms with van der Waals surface area (Å²) < 4.78 is 1.91. The van der Waals surface area contributed by atoms with Crippen LogP contribution in [0.4, 0.5) is 0 Å². The van der Waals surface area contributed by atoms with Gasteiger partial charge in [0.1, 0.15) is 6.17 Å². The average Bonchev–Trinajstić information content (AvgIpc) is 2.48. The van der Waals surface area contributed by atoms with Crippen LogP contribution in [0.1, 0.15) is 24.8 Å². The van der Waals surface area contributed by atoms with E-state index in [1.54, 1.807) is 0 Å². The maximum Gasteiger partial charge on any atom is 0.112 e. The molecule has 0 saturated carbocycles. The average molecular weight is 166 g/mol. The number of fused-ring (bicyclic) bond motifs is 1. The quantitative estimate of drug-likeness (QED) is 0.605. The smallest absolute Gasteiger partial charge is 0.112 e. The maximum atomic E-state index is 5.90. The highest BCUT2D eigenvalue weighted by atomic mass is 15.4. The Morgan fingerprint density at radius 3 is 3.17 bits per heavy atom. The van der Waals surface area contributed by atoms with Crippen LogP contribution >= 0.6 is 0 Å². The number of likely N-dealkylation sites (N-methyl/N-ethyl adjacent to an activating group) is 1. The number of nitrogens with two attached hydrogens (primary N) is 1. The third kappa shape index (κ3) is 0.956. The van der Waals surface area contributed by atoms with Crippen LogP contribution in [0.3, 0.4) is 0 Å². The third-order valence-electron chi connectivity index (χ3n) is 2.58. The predicted octanol–water partition coefficient (Wildman–Crippen LogP) is 0.347. The highest BCUT2D eigenvalue weighted by Gasteiger charge is 2.25. The van der Waals surface area contributed by atoms with Crippen molar-refractivity contribution in [3.8, 4) is 0 Å². The molecule has 1 aliphatic rings. The zero-order valence-corrected chi connectivity index (χ0v) is 7.44. The number of aromatic nitrogens is 2. The van der Waals surface area contributed by atoms with Gasteiger partial charge in [0.25, 0.3) is 0 Å². The van der Waals surface area contributed by atoms with Gasteiger partial charge < -0.3 is 5.73 Å². The van der Waals surface area contributed by atoms with Crippen molar-refractivity contribution in [2.45, 2.75) is 19.1 Å². The van der Waals surface area contributed by atoms with Crippen LogP contribution in [-0.4, -0.2) is 28.3 Å². The summed E-state index contributed by atoms with van der Waals surface area (Å²) in [7, 11) is 2.08. The second-order valence-corrected chi connectivity index (χ2v) is 3.38. The van der Waals surface area contributed by atoms with E-state index < -0.39 is 0 Å². The Labute approximate surface area is 72.0 Å². The minimum Gasteiger partial charge on any atom is -0.309 e. The SMILES string of the molecule is CC1c2ccnn2C(N)CN1C. The van der Waals surface area contributed by atoms with E-state index in [4.69, 9.17) is 5.73 Å². The lowest BCUT2D eigenvalue weighted by Gasteiger charge is -2.34. The Balaban J connectivity index is 2.43. The molecule has 2 atom stereocenters. The molecule has 2 rings (SSSR count). The topological polar surface area (TPSA) is 47.1 Å². The zero-order chi connectivity index (χ0) is 8.72. The summed E-state index contributed by atoms with van der Waals surface area (Å²) in [5.41, 5.74) is 7.11. The maximum absolute atomic E-state index is 5.90. The Morgan fingerprint density at radius 1 is 1.67 bits per heavy atom. The second-order valence-electron chi connectivity index (χ2n) is 3.38. The first kappa shape index (κ1) is 7.76. The van der Waals surface area contributed by atoms with E-state index in [-0.39, 0.29) is 6.17 Å². The molecule has 0 aromatic carbocycles. The molecule has 1 aromatic heterocycles. The van der Waals surface area contributed by atoms with Crippen LogP contribution in [0, 0.1) is 0 Å². The number of hydrogen-bond acceptors (Lipinski definition) is 3. The van der Waals surface area contributed by atoms with Gasteiger partial charge in [-0.1, -0.05) is 0 Å². The van der Waals surface area contributed by atoms with Gasteiger partial charge in [-0.2, -0.15) is 5.10 Å². The molecule has 0 radical (unpaired) electrons. The fourth-order valence-electron chi connectivity index (χ4n) is 1.69. The van der Waals surface area contributed by atoms with Gasteiger partial charge in [-0.3, -0.25) is 4.90 Å². The van der Waals surface area contributed by atoms with Crippen molar-refractivity contribution < 1.29 is 0 Å². The highest BCUT2D eigenvalue weighted by molar-refractivity contribution is 5.09. The van der Waals surface area contributed by atoms with Gasteiger partial charge in [0.2, 0.25) is 0 Å². The Morgan fingerprint density at radius 2 is 2.42 bits per heavy atom. The van der Waals surface area contributed by atoms with Crippen molar-refractivity contribution in [2.24, 2.45) is 5.73 Å². The largest absolute Gasteiger partial charge is 0.309 e. The molecule has 0 bridgehead atoms. The minimum absolute atomic E-state index is 0.0104. The van der Waals surface area contributed by atoms with Crippen molar-refractivity contribution >= 4 is 0 Å². The molecule has 0 fully saturated rings. The van der Waals surface area contributed by atoms with Gasteiger partial charge in [-0.15, -0.1) is 0 Å². The molecule has 12 heavy (non-hydrogen) atoms. The fourth-order valence-corrected chi connectivity index (χ4v) is 1.69. The molecule has 0 aliphatic carbocycles. The number of hydrogen-bond donors (Lipinski definition) is 1. The standard InChI is InChI=1S/C8H14N4/c1-6-7-3-4-10-12(7)8(9)5-11(6)2/h3-4,6,8H,5,9H2,1-2H3. The van der Waals surface area contributed by atoms with Crippen molar-refractivity contribution in [1.82, 2.24) is 14.7 Å². The Bertz CT molecular complexity index is 280. The number of nitrogens with zero attached hydrogens (tertiary/aromatic N) is 3. The molecule has 2 heterocycles. The summed E-state index contributed by atoms with van der Waals surface area (Å²) in [6.07, 6.45) is 1.82. The van der Waals surface area contributed by atoms with Crippen molar-refractivity contribution in [2.75, 3.05) is 13.6 Å². The fraction of sp³-hybridized carbons (Fsp3) is 0.625. The first-order valence-electron chi connectivity index (χ1n) is 4.19. The van der Waals surface area contributed by atoms with E-state index in [0.29, 0.717) is 6.04 Å². The zero-order valence-electron chi connectivity index (χ0n) is 7.44. The van der Waals surface area contributed by atoms with Gasteiger partial charge in [-0.05, 0) is 20.0 Å². The molecular formula is C8H14N4. The first-order valence-corrected chi connectivity index (χ1v) is 4.19. The molecule has 1 aromatic rings. The predicted molar refractivity (Wildman–Crippen MR) is 46.5 cm³/mol. The number of rotatable bonds is 0. The summed E-state index contributed by atoms with van der Waals surface area (Å²) in [5.74, 6) is 0. The van der Waals surface area contributed by atoms with Gasteiger partial charge in [-0.25, -0.2) is 4.68 Å². The Kier molecular flexibility index (Phi) is 1.66. The lowest BCUT2D eigenvalue weighted by Crippen LogP contribution is -2.41. The third-order valence-corrected chi connectivity index (χ3v) is 2.58. The summed E-state index contributed by atoms with van der Waals surface area (Å²) in [6.45, 7) is 3.04. The van der Waals surface area contributed by atoms with E-state index in [1.807, 2.05) is 16.9 Å². The first-order chi connectivity index (χ1) is 5.70. The molecule has 0 spiro atoms. The van der Waals surface area contributed by atoms with Gasteiger partial charge in [0, 0.05) is 18.8 Å². The highest BCUT2D eigenvalue weighted by Crippen LogP contribution is 2.25. The normalized spacial score (nSPS) is 30.2. The molecule has 0 saturated heterocycles. The molecule has 1 aliphatic heterocycles. The lowest BCUT2D eigenvalue weighted by atomic mass is 10.1. The van der Waals surface area contributed by atoms with Crippen LogP contribution in [-0.2, 0) is 0 Å². The van der Waals surface area contributed by atoms with E-state index in [0.717, 1.165) is 6.54 Å². The van der Waals surface area contributed by atoms with Gasteiger partial charge >= 0.3 is 0 Å².